The van der Waals surface area contributed by atoms with Gasteiger partial charge in [0.2, 0.25) is 0 Å². The lowest BCUT2D eigenvalue weighted by atomic mass is 9.92. The Balaban J connectivity index is 2.05. The van der Waals surface area contributed by atoms with Crippen LogP contribution in [0.3, 0.4) is 0 Å². The second kappa shape index (κ2) is 6.37. The molecule has 0 aromatic heterocycles. The predicted molar refractivity (Wildman–Crippen MR) is 87.0 cm³/mol. The summed E-state index contributed by atoms with van der Waals surface area (Å²) >= 11 is 0. The van der Waals surface area contributed by atoms with Crippen LogP contribution < -0.4 is 0 Å². The fourth-order valence-electron chi connectivity index (χ4n) is 2.94. The Labute approximate surface area is 129 Å². The van der Waals surface area contributed by atoms with Crippen molar-refractivity contribution in [2.24, 2.45) is 27.2 Å². The molecule has 0 bridgehead atoms. The molecule has 0 saturated heterocycles. The van der Waals surface area contributed by atoms with E-state index in [-0.39, 0.29) is 17.5 Å². The van der Waals surface area contributed by atoms with Crippen molar-refractivity contribution in [1.82, 2.24) is 0 Å². The third-order valence-electron chi connectivity index (χ3n) is 3.98. The number of ether oxygens (including phenoxy) is 2. The minimum atomic E-state index is -0.350. The summed E-state index contributed by atoms with van der Waals surface area (Å²) < 4.78 is 11.7. The Hall–Kier alpha value is -1.06. The third-order valence-corrected chi connectivity index (χ3v) is 3.98. The fourth-order valence-corrected chi connectivity index (χ4v) is 2.94. The smallest absolute Gasteiger partial charge is 0.199 e. The molecule has 0 fully saturated rings. The van der Waals surface area contributed by atoms with E-state index >= 15 is 0 Å². The summed E-state index contributed by atoms with van der Waals surface area (Å²) in [5.74, 6) is 2.86. The fraction of sp³-hybridized carbons (Fsp3) is 0.882. The average Bonchev–Trinajstić information content (AvgIpc) is 2.97. The van der Waals surface area contributed by atoms with Crippen LogP contribution in [0, 0.1) is 17.3 Å². The van der Waals surface area contributed by atoms with Gasteiger partial charge in [0.05, 0.1) is 12.1 Å². The van der Waals surface area contributed by atoms with Crippen LogP contribution >= 0.6 is 0 Å². The average molecular weight is 294 g/mol. The van der Waals surface area contributed by atoms with Crippen molar-refractivity contribution in [3.63, 3.8) is 0 Å². The summed E-state index contributed by atoms with van der Waals surface area (Å²) in [6, 6.07) is 0.570. The molecule has 120 valence electrons. The molecule has 0 aromatic carbocycles. The highest BCUT2D eigenvalue weighted by Gasteiger charge is 2.41. The second-order valence-electron chi connectivity index (χ2n) is 7.68. The van der Waals surface area contributed by atoms with Crippen molar-refractivity contribution in [2.75, 3.05) is 13.2 Å². The van der Waals surface area contributed by atoms with Gasteiger partial charge in [-0.05, 0) is 38.5 Å². The number of nitrogens with zero attached hydrogens (tertiary/aromatic N) is 2. The summed E-state index contributed by atoms with van der Waals surface area (Å²) in [6.07, 6.45) is 2.14. The van der Waals surface area contributed by atoms with Gasteiger partial charge < -0.3 is 9.47 Å². The lowest BCUT2D eigenvalue weighted by Gasteiger charge is -2.22. The Bertz CT molecular complexity index is 387. The van der Waals surface area contributed by atoms with Gasteiger partial charge in [-0.25, -0.2) is 9.98 Å². The zero-order valence-corrected chi connectivity index (χ0v) is 14.3. The van der Waals surface area contributed by atoms with Gasteiger partial charge >= 0.3 is 0 Å². The van der Waals surface area contributed by atoms with Crippen molar-refractivity contribution in [1.29, 1.82) is 0 Å². The maximum Gasteiger partial charge on any atom is 0.199 e. The molecule has 2 unspecified atom stereocenters. The van der Waals surface area contributed by atoms with E-state index in [0.717, 1.165) is 24.6 Å². The van der Waals surface area contributed by atoms with Crippen molar-refractivity contribution in [3.8, 4) is 0 Å². The highest BCUT2D eigenvalue weighted by Crippen LogP contribution is 2.30. The first-order valence-electron chi connectivity index (χ1n) is 8.21. The number of rotatable bonds is 6. The van der Waals surface area contributed by atoms with Crippen molar-refractivity contribution in [2.45, 2.75) is 66.5 Å². The van der Waals surface area contributed by atoms with Gasteiger partial charge in [0.15, 0.2) is 11.8 Å². The van der Waals surface area contributed by atoms with Crippen LogP contribution in [0.1, 0.15) is 54.4 Å². The van der Waals surface area contributed by atoms with Gasteiger partial charge in [-0.15, -0.1) is 0 Å². The molecule has 0 aliphatic carbocycles. The monoisotopic (exact) mass is 294 g/mol. The third kappa shape index (κ3) is 3.98. The van der Waals surface area contributed by atoms with E-state index in [1.807, 2.05) is 0 Å². The quantitative estimate of drug-likeness (QED) is 0.749. The molecular weight excluding hydrogens is 264 g/mol. The molecule has 0 spiro atoms. The van der Waals surface area contributed by atoms with Crippen LogP contribution in [-0.2, 0) is 9.47 Å². The largest absolute Gasteiger partial charge is 0.478 e. The van der Waals surface area contributed by atoms with Crippen LogP contribution in [0.15, 0.2) is 9.98 Å². The van der Waals surface area contributed by atoms with Crippen LogP contribution in [0.25, 0.3) is 0 Å². The summed E-state index contributed by atoms with van der Waals surface area (Å²) in [7, 11) is 0. The van der Waals surface area contributed by atoms with Gasteiger partial charge in [0.1, 0.15) is 18.6 Å². The van der Waals surface area contributed by atoms with E-state index < -0.39 is 0 Å². The first kappa shape index (κ1) is 16.3. The zero-order valence-electron chi connectivity index (χ0n) is 14.3. The van der Waals surface area contributed by atoms with Crippen molar-refractivity contribution >= 4 is 11.8 Å². The summed E-state index contributed by atoms with van der Waals surface area (Å²) in [5.41, 5.74) is -0.350. The normalized spacial score (nSPS) is 25.9. The van der Waals surface area contributed by atoms with E-state index in [4.69, 9.17) is 19.5 Å². The molecule has 2 aliphatic rings. The Morgan fingerprint density at radius 2 is 1.29 bits per heavy atom. The molecule has 2 rings (SSSR count). The van der Waals surface area contributed by atoms with Crippen molar-refractivity contribution in [3.05, 3.63) is 0 Å². The summed E-state index contributed by atoms with van der Waals surface area (Å²) in [4.78, 5) is 9.53. The van der Waals surface area contributed by atoms with Gasteiger partial charge in [-0.3, -0.25) is 0 Å². The van der Waals surface area contributed by atoms with E-state index in [9.17, 15) is 0 Å². The Morgan fingerprint density at radius 1 is 0.905 bits per heavy atom. The number of hydrogen-bond donors (Lipinski definition) is 0. The lowest BCUT2D eigenvalue weighted by Crippen LogP contribution is -2.34. The molecule has 21 heavy (non-hydrogen) atoms. The molecule has 0 N–H and O–H groups in total. The predicted octanol–water partition coefficient (Wildman–Crippen LogP) is 3.70. The van der Waals surface area contributed by atoms with E-state index in [2.05, 4.69) is 41.5 Å². The van der Waals surface area contributed by atoms with Crippen molar-refractivity contribution < 1.29 is 9.47 Å². The maximum absolute atomic E-state index is 5.85. The van der Waals surface area contributed by atoms with E-state index in [1.165, 1.54) is 0 Å². The first-order chi connectivity index (χ1) is 9.79. The molecule has 0 amide bonds. The number of hydrogen-bond acceptors (Lipinski definition) is 4. The molecule has 0 saturated carbocycles. The minimum absolute atomic E-state index is 0.285. The maximum atomic E-state index is 5.85. The first-order valence-corrected chi connectivity index (χ1v) is 8.21. The van der Waals surface area contributed by atoms with E-state index in [0.29, 0.717) is 25.0 Å². The highest BCUT2D eigenvalue weighted by atomic mass is 16.5. The molecule has 0 radical (unpaired) electrons. The Kier molecular flexibility index (Phi) is 4.95. The van der Waals surface area contributed by atoms with Gasteiger partial charge in [-0.2, -0.15) is 0 Å². The molecule has 2 heterocycles. The van der Waals surface area contributed by atoms with Gasteiger partial charge in [0, 0.05) is 0 Å². The van der Waals surface area contributed by atoms with Crippen LogP contribution in [0.4, 0.5) is 0 Å². The van der Waals surface area contributed by atoms with E-state index in [1.54, 1.807) is 0 Å². The SMILES string of the molecule is CC(C)CC1COC(C(C)(C)C2=NC(CC(C)C)CO2)=N1. The molecule has 4 nitrogen and oxygen atoms in total. The van der Waals surface area contributed by atoms with Crippen LogP contribution in [-0.4, -0.2) is 37.1 Å². The zero-order chi connectivity index (χ0) is 15.6. The highest BCUT2D eigenvalue weighted by molar-refractivity contribution is 6.05. The lowest BCUT2D eigenvalue weighted by molar-refractivity contribution is 0.255. The molecule has 2 aliphatic heterocycles. The molecule has 0 aromatic rings. The van der Waals surface area contributed by atoms with Crippen LogP contribution in [0.2, 0.25) is 0 Å². The molecule has 4 heteroatoms. The van der Waals surface area contributed by atoms with Gasteiger partial charge in [0.25, 0.3) is 0 Å². The minimum Gasteiger partial charge on any atom is -0.478 e. The molecule has 2 atom stereocenters. The standard InChI is InChI=1S/C17H30N2O2/c1-11(2)7-13-9-20-15(18-13)17(5,6)16-19-14(10-21-16)8-12(3)4/h11-14H,7-10H2,1-6H3. The summed E-state index contributed by atoms with van der Waals surface area (Å²) in [6.45, 7) is 14.5. The topological polar surface area (TPSA) is 43.2 Å². The summed E-state index contributed by atoms with van der Waals surface area (Å²) in [5, 5.41) is 0. The van der Waals surface area contributed by atoms with Crippen LogP contribution in [0.5, 0.6) is 0 Å². The Morgan fingerprint density at radius 3 is 1.62 bits per heavy atom. The number of aliphatic imine (C=N–C) groups is 2. The van der Waals surface area contributed by atoms with Gasteiger partial charge in [-0.1, -0.05) is 27.7 Å². The second-order valence-corrected chi connectivity index (χ2v) is 7.68. The molecular formula is C17H30N2O2.